The van der Waals surface area contributed by atoms with Crippen molar-refractivity contribution in [1.29, 1.82) is 0 Å². The zero-order chi connectivity index (χ0) is 21.3. The fourth-order valence-electron chi connectivity index (χ4n) is 4.54. The van der Waals surface area contributed by atoms with Crippen LogP contribution in [0.2, 0.25) is 0 Å². The predicted molar refractivity (Wildman–Crippen MR) is 114 cm³/mol. The number of benzene rings is 1. The predicted octanol–water partition coefficient (Wildman–Crippen LogP) is 3.20. The van der Waals surface area contributed by atoms with E-state index in [1.165, 1.54) is 25.1 Å². The number of carboxylic acids is 1. The SMILES string of the molecule is CCOc1cc2c(cc1OCC)-c1cc(=O)c(C(=O)O)cn1C(CN1CCCC1)C2. The van der Waals surface area contributed by atoms with Crippen LogP contribution in [0.3, 0.4) is 0 Å². The number of carboxylic acid groups (broad SMARTS) is 1. The molecular weight excluding hydrogens is 384 g/mol. The van der Waals surface area contributed by atoms with Crippen molar-refractivity contribution in [3.05, 3.63) is 45.7 Å². The van der Waals surface area contributed by atoms with Crippen molar-refractivity contribution in [2.75, 3.05) is 32.8 Å². The Kier molecular flexibility index (Phi) is 5.81. The fourth-order valence-corrected chi connectivity index (χ4v) is 4.54. The van der Waals surface area contributed by atoms with Crippen LogP contribution in [0.25, 0.3) is 11.3 Å². The number of carbonyl (C=O) groups is 1. The second kappa shape index (κ2) is 8.52. The molecule has 4 rings (SSSR count). The van der Waals surface area contributed by atoms with Gasteiger partial charge in [0, 0.05) is 24.4 Å². The zero-order valence-electron chi connectivity index (χ0n) is 17.5. The zero-order valence-corrected chi connectivity index (χ0v) is 17.5. The summed E-state index contributed by atoms with van der Waals surface area (Å²) >= 11 is 0. The van der Waals surface area contributed by atoms with Gasteiger partial charge in [-0.1, -0.05) is 0 Å². The van der Waals surface area contributed by atoms with Crippen molar-refractivity contribution < 1.29 is 19.4 Å². The topological polar surface area (TPSA) is 81.0 Å². The number of hydrogen-bond acceptors (Lipinski definition) is 5. The van der Waals surface area contributed by atoms with Crippen LogP contribution in [0, 0.1) is 0 Å². The molecule has 7 heteroatoms. The third-order valence-electron chi connectivity index (χ3n) is 5.87. The van der Waals surface area contributed by atoms with E-state index in [2.05, 4.69) is 4.90 Å². The van der Waals surface area contributed by atoms with Gasteiger partial charge in [-0.15, -0.1) is 0 Å². The Morgan fingerprint density at radius 2 is 1.77 bits per heavy atom. The Bertz CT molecular complexity index is 1010. The first-order chi connectivity index (χ1) is 14.5. The van der Waals surface area contributed by atoms with Gasteiger partial charge < -0.3 is 24.0 Å². The van der Waals surface area contributed by atoms with Gasteiger partial charge in [0.1, 0.15) is 5.56 Å². The number of aromatic carboxylic acids is 1. The average Bonchev–Trinajstić information content (AvgIpc) is 3.22. The van der Waals surface area contributed by atoms with Gasteiger partial charge in [-0.25, -0.2) is 4.79 Å². The second-order valence-corrected chi connectivity index (χ2v) is 7.84. The van der Waals surface area contributed by atoms with Crippen molar-refractivity contribution in [2.24, 2.45) is 0 Å². The maximum Gasteiger partial charge on any atom is 0.341 e. The summed E-state index contributed by atoms with van der Waals surface area (Å²) in [5, 5.41) is 9.48. The van der Waals surface area contributed by atoms with Crippen LogP contribution in [-0.2, 0) is 6.42 Å². The molecule has 1 fully saturated rings. The first-order valence-corrected chi connectivity index (χ1v) is 10.7. The van der Waals surface area contributed by atoms with E-state index in [1.807, 2.05) is 30.5 Å². The molecule has 0 saturated carbocycles. The molecular formula is C23H28N2O5. The van der Waals surface area contributed by atoms with Crippen LogP contribution in [-0.4, -0.2) is 53.4 Å². The van der Waals surface area contributed by atoms with Gasteiger partial charge in [0.2, 0.25) is 0 Å². The van der Waals surface area contributed by atoms with E-state index in [4.69, 9.17) is 9.47 Å². The molecule has 0 spiro atoms. The molecule has 3 heterocycles. The molecule has 1 N–H and O–H groups in total. The minimum Gasteiger partial charge on any atom is -0.490 e. The van der Waals surface area contributed by atoms with Crippen molar-refractivity contribution in [1.82, 2.24) is 9.47 Å². The molecule has 0 radical (unpaired) electrons. The number of rotatable bonds is 7. The lowest BCUT2D eigenvalue weighted by atomic mass is 9.91. The molecule has 7 nitrogen and oxygen atoms in total. The summed E-state index contributed by atoms with van der Waals surface area (Å²) in [5.41, 5.74) is 2.06. The maximum absolute atomic E-state index is 12.5. The van der Waals surface area contributed by atoms with Crippen LogP contribution >= 0.6 is 0 Å². The number of aromatic nitrogens is 1. The number of pyridine rings is 1. The largest absolute Gasteiger partial charge is 0.490 e. The number of nitrogens with zero attached hydrogens (tertiary/aromatic N) is 2. The molecule has 1 saturated heterocycles. The summed E-state index contributed by atoms with van der Waals surface area (Å²) in [7, 11) is 0. The van der Waals surface area contributed by atoms with Crippen LogP contribution in [0.5, 0.6) is 11.5 Å². The fraction of sp³-hybridized carbons (Fsp3) is 0.478. The first kappa shape index (κ1) is 20.5. The van der Waals surface area contributed by atoms with E-state index in [1.54, 1.807) is 0 Å². The van der Waals surface area contributed by atoms with E-state index >= 15 is 0 Å². The summed E-state index contributed by atoms with van der Waals surface area (Å²) in [6.07, 6.45) is 4.63. The van der Waals surface area contributed by atoms with Gasteiger partial charge in [0.15, 0.2) is 16.9 Å². The Morgan fingerprint density at radius 3 is 2.40 bits per heavy atom. The number of hydrogen-bond donors (Lipinski definition) is 1. The van der Waals surface area contributed by atoms with Crippen LogP contribution in [0.1, 0.15) is 48.7 Å². The molecule has 0 aliphatic carbocycles. The van der Waals surface area contributed by atoms with Crippen molar-refractivity contribution in [3.8, 4) is 22.8 Å². The Balaban J connectivity index is 1.85. The van der Waals surface area contributed by atoms with E-state index in [0.29, 0.717) is 24.7 Å². The second-order valence-electron chi connectivity index (χ2n) is 7.84. The molecule has 0 bridgehead atoms. The average molecular weight is 412 g/mol. The molecule has 160 valence electrons. The Morgan fingerprint density at radius 1 is 1.10 bits per heavy atom. The first-order valence-electron chi connectivity index (χ1n) is 10.7. The third-order valence-corrected chi connectivity index (χ3v) is 5.87. The number of likely N-dealkylation sites (tertiary alicyclic amines) is 1. The minimum absolute atomic E-state index is 0.0525. The number of ether oxygens (including phenoxy) is 2. The highest BCUT2D eigenvalue weighted by molar-refractivity contribution is 5.88. The normalized spacial score (nSPS) is 18.0. The van der Waals surface area contributed by atoms with Gasteiger partial charge in [-0.3, -0.25) is 4.79 Å². The van der Waals surface area contributed by atoms with E-state index in [-0.39, 0.29) is 11.6 Å². The van der Waals surface area contributed by atoms with E-state index < -0.39 is 11.4 Å². The molecule has 1 unspecified atom stereocenters. The van der Waals surface area contributed by atoms with Gasteiger partial charge in [-0.05, 0) is 63.9 Å². The van der Waals surface area contributed by atoms with Gasteiger partial charge >= 0.3 is 5.97 Å². The van der Waals surface area contributed by atoms with Crippen molar-refractivity contribution >= 4 is 5.97 Å². The molecule has 1 aromatic heterocycles. The smallest absolute Gasteiger partial charge is 0.341 e. The van der Waals surface area contributed by atoms with Crippen molar-refractivity contribution in [3.63, 3.8) is 0 Å². The molecule has 2 aromatic rings. The third kappa shape index (κ3) is 3.81. The highest BCUT2D eigenvalue weighted by Crippen LogP contribution is 2.41. The maximum atomic E-state index is 12.5. The monoisotopic (exact) mass is 412 g/mol. The summed E-state index contributed by atoms with van der Waals surface area (Å²) in [6.45, 7) is 7.82. The standard InChI is InChI=1S/C23H28N2O5/c1-3-29-21-10-15-9-16(13-24-7-5-6-8-24)25-14-18(23(27)28)20(26)12-19(25)17(15)11-22(21)30-4-2/h10-12,14,16H,3-9,13H2,1-2H3,(H,27,28). The minimum atomic E-state index is -1.19. The lowest BCUT2D eigenvalue weighted by Gasteiger charge is -2.34. The van der Waals surface area contributed by atoms with Crippen molar-refractivity contribution in [2.45, 2.75) is 39.2 Å². The number of fused-ring (bicyclic) bond motifs is 3. The van der Waals surface area contributed by atoms with Gasteiger partial charge in [0.05, 0.1) is 24.9 Å². The van der Waals surface area contributed by atoms with Crippen LogP contribution in [0.15, 0.2) is 29.2 Å². The summed E-state index contributed by atoms with van der Waals surface area (Å²) < 4.78 is 13.6. The van der Waals surface area contributed by atoms with Crippen LogP contribution < -0.4 is 14.9 Å². The van der Waals surface area contributed by atoms with E-state index in [0.717, 1.165) is 42.9 Å². The van der Waals surface area contributed by atoms with Crippen LogP contribution in [0.4, 0.5) is 0 Å². The highest BCUT2D eigenvalue weighted by atomic mass is 16.5. The van der Waals surface area contributed by atoms with Gasteiger partial charge in [-0.2, -0.15) is 0 Å². The van der Waals surface area contributed by atoms with Gasteiger partial charge in [0.25, 0.3) is 0 Å². The lowest BCUT2D eigenvalue weighted by Crippen LogP contribution is -2.34. The summed E-state index contributed by atoms with van der Waals surface area (Å²) in [5.74, 6) is 0.149. The quantitative estimate of drug-likeness (QED) is 0.752. The highest BCUT2D eigenvalue weighted by Gasteiger charge is 2.29. The molecule has 1 atom stereocenters. The van der Waals surface area contributed by atoms with E-state index in [9.17, 15) is 14.7 Å². The molecule has 2 aliphatic heterocycles. The molecule has 2 aliphatic rings. The Labute approximate surface area is 175 Å². The molecule has 30 heavy (non-hydrogen) atoms. The Hall–Kier alpha value is -2.80. The summed E-state index contributed by atoms with van der Waals surface area (Å²) in [6, 6.07) is 5.44. The molecule has 1 aromatic carbocycles. The lowest BCUT2D eigenvalue weighted by molar-refractivity contribution is 0.0694. The summed E-state index contributed by atoms with van der Waals surface area (Å²) in [4.78, 5) is 26.5. The molecule has 0 amide bonds.